The number of nitrogen functional groups attached to an aromatic ring is 1. The Morgan fingerprint density at radius 3 is 2.45 bits per heavy atom. The number of phenolic OH excluding ortho intramolecular Hbond substituents is 1. The van der Waals surface area contributed by atoms with Crippen LogP contribution in [0.5, 0.6) is 17.2 Å². The predicted molar refractivity (Wildman–Crippen MR) is 202 cm³/mol. The number of ether oxygens (including phenoxy) is 3. The van der Waals surface area contributed by atoms with E-state index in [0.29, 0.717) is 17.4 Å². The first kappa shape index (κ1) is 41.4. The summed E-state index contributed by atoms with van der Waals surface area (Å²) in [5, 5.41) is 60.0. The number of pyridine rings is 1. The van der Waals surface area contributed by atoms with Gasteiger partial charge in [-0.3, -0.25) is 29.1 Å². The van der Waals surface area contributed by atoms with Crippen molar-refractivity contribution in [2.75, 3.05) is 33.0 Å². The Balaban J connectivity index is 1.35. The first-order valence-electron chi connectivity index (χ1n) is 18.0. The van der Waals surface area contributed by atoms with E-state index in [9.17, 15) is 49.5 Å². The molecule has 58 heavy (non-hydrogen) atoms. The van der Waals surface area contributed by atoms with Crippen LogP contribution >= 0.6 is 0 Å². The van der Waals surface area contributed by atoms with Gasteiger partial charge in [0, 0.05) is 73.6 Å². The van der Waals surface area contributed by atoms with E-state index in [-0.39, 0.29) is 77.0 Å². The van der Waals surface area contributed by atoms with Crippen molar-refractivity contribution in [3.63, 3.8) is 0 Å². The molecule has 19 nitrogen and oxygen atoms in total. The molecular weight excluding hydrogens is 760 g/mol. The average molecular weight is 803 g/mol. The van der Waals surface area contributed by atoms with E-state index < -0.39 is 78.3 Å². The number of aromatic nitrogens is 1. The van der Waals surface area contributed by atoms with Crippen LogP contribution in [0.2, 0.25) is 0 Å². The third kappa shape index (κ3) is 7.60. The normalized spacial score (nSPS) is 23.4. The maximum atomic E-state index is 14.4. The number of nitrogens with one attached hydrogen (secondary N) is 1. The molecule has 2 aromatic carbocycles. The molecule has 0 radical (unpaired) electrons. The van der Waals surface area contributed by atoms with E-state index in [2.05, 4.69) is 15.3 Å². The highest BCUT2D eigenvalue weighted by Crippen LogP contribution is 2.44. The van der Waals surface area contributed by atoms with E-state index in [0.717, 1.165) is 17.1 Å². The van der Waals surface area contributed by atoms with Gasteiger partial charge in [-0.15, -0.1) is 0 Å². The lowest BCUT2D eigenvalue weighted by Gasteiger charge is -2.49. The van der Waals surface area contributed by atoms with Gasteiger partial charge in [0.15, 0.2) is 11.7 Å². The Kier molecular flexibility index (Phi) is 11.9. The molecule has 3 aromatic rings. The summed E-state index contributed by atoms with van der Waals surface area (Å²) in [5.41, 5.74) is 9.10. The number of carbonyl (C=O) groups is 5. The summed E-state index contributed by atoms with van der Waals surface area (Å²) in [6, 6.07) is 6.87. The van der Waals surface area contributed by atoms with Crippen molar-refractivity contribution in [1.82, 2.24) is 15.2 Å². The van der Waals surface area contributed by atoms with Crippen LogP contribution < -0.4 is 26.3 Å². The lowest BCUT2D eigenvalue weighted by molar-refractivity contribution is -0.315. The molecule has 0 saturated carbocycles. The van der Waals surface area contributed by atoms with Crippen molar-refractivity contribution in [1.29, 1.82) is 0 Å². The molecular formula is C39H42N6O13. The van der Waals surface area contributed by atoms with Crippen molar-refractivity contribution >= 4 is 41.4 Å². The Labute approximate surface area is 330 Å². The number of phenols is 1. The van der Waals surface area contributed by atoms with Crippen LogP contribution in [0.1, 0.15) is 67.3 Å². The number of aliphatic imine (C=N–C) groups is 1. The van der Waals surface area contributed by atoms with Crippen LogP contribution in [0.4, 0.5) is 5.82 Å². The zero-order valence-corrected chi connectivity index (χ0v) is 31.3. The van der Waals surface area contributed by atoms with Crippen molar-refractivity contribution in [2.24, 2.45) is 10.7 Å². The first-order valence-corrected chi connectivity index (χ1v) is 18.0. The third-order valence-corrected chi connectivity index (χ3v) is 10.5. The Bertz CT molecular complexity index is 2210. The summed E-state index contributed by atoms with van der Waals surface area (Å²) in [4.78, 5) is 73.5. The molecule has 1 fully saturated rings. The Morgan fingerprint density at radius 1 is 1.10 bits per heavy atom. The number of guanidine groups is 1. The van der Waals surface area contributed by atoms with E-state index >= 15 is 0 Å². The van der Waals surface area contributed by atoms with E-state index in [1.54, 1.807) is 0 Å². The van der Waals surface area contributed by atoms with Gasteiger partial charge < -0.3 is 61.3 Å². The smallest absolute Gasteiger partial charge is 0.253 e. The minimum atomic E-state index is -2.46. The number of aliphatic hydroxyl groups is 4. The molecule has 0 bridgehead atoms. The summed E-state index contributed by atoms with van der Waals surface area (Å²) in [6.45, 7) is -1.37. The molecule has 1 aromatic heterocycles. The molecule has 3 heterocycles. The number of carbonyl (C=O) groups excluding carboxylic acids is 5. The second-order valence-corrected chi connectivity index (χ2v) is 13.9. The van der Waals surface area contributed by atoms with Crippen LogP contribution in [0.25, 0.3) is 0 Å². The molecule has 10 N–H and O–H groups in total. The highest BCUT2D eigenvalue weighted by atomic mass is 16.7. The zero-order chi connectivity index (χ0) is 42.1. The second kappa shape index (κ2) is 16.7. The number of aldehydes is 1. The predicted octanol–water partition coefficient (Wildman–Crippen LogP) is -1.03. The van der Waals surface area contributed by atoms with Crippen molar-refractivity contribution in [3.8, 4) is 17.2 Å². The van der Waals surface area contributed by atoms with E-state index in [4.69, 9.17) is 25.7 Å². The number of anilines is 1. The van der Waals surface area contributed by atoms with Gasteiger partial charge in [0.2, 0.25) is 12.1 Å². The summed E-state index contributed by atoms with van der Waals surface area (Å²) in [6.07, 6.45) is -3.96. The SMILES string of the molecule is CN=C(N)NCc1c(CCC=O)cc2c(c1O)C(=O)c1c(O[C@@H]3O[C@H](CO)[C@](O)(C[C@H](CN4C(=O)C=CC4=O)c4ccnc(N)c4)[C@H](O)[C@H]3O)cc(OC)cc1C2=O. The van der Waals surface area contributed by atoms with E-state index in [1.165, 1.54) is 50.7 Å². The number of nitrogens with two attached hydrogens (primary N) is 2. The standard InChI is InChI=1S/C39H42N6O13/c1-42-38(41)44-15-24-19(4-3-9-46)10-22-31(33(24)51)34(52)30-23(32(22)50)12-21(56-2)13-25(30)57-37-35(53)36(54)39(55,26(17-47)58-37)14-20(18-7-8-43-27(40)11-18)16-45-28(48)5-6-29(45)49/h5-13,20,26,35-37,47,51,53-55H,3-4,14-17H2,1-2H3,(H2,40,43)(H3,41,42,44)/t20-,26-,35-,36-,37-,39-/m1/s1. The quantitative estimate of drug-likeness (QED) is 0.0327. The number of aromatic hydroxyl groups is 1. The monoisotopic (exact) mass is 802 g/mol. The summed E-state index contributed by atoms with van der Waals surface area (Å²) in [7, 11) is 2.72. The van der Waals surface area contributed by atoms with Crippen molar-refractivity contribution in [2.45, 2.75) is 61.9 Å². The number of methoxy groups -OCH3 is 1. The minimum absolute atomic E-state index is 0.0157. The molecule has 1 aliphatic carbocycles. The van der Waals surface area contributed by atoms with Gasteiger partial charge in [-0.1, -0.05) is 0 Å². The van der Waals surface area contributed by atoms with Crippen molar-refractivity contribution < 1.29 is 63.7 Å². The highest BCUT2D eigenvalue weighted by molar-refractivity contribution is 6.30. The molecule has 6 rings (SSSR count). The average Bonchev–Trinajstić information content (AvgIpc) is 3.53. The maximum absolute atomic E-state index is 14.4. The number of hydrogen-bond acceptors (Lipinski definition) is 16. The van der Waals surface area contributed by atoms with Gasteiger partial charge in [0.05, 0.1) is 24.8 Å². The number of aryl methyl sites for hydroxylation is 1. The van der Waals surface area contributed by atoms with Gasteiger partial charge >= 0.3 is 0 Å². The van der Waals surface area contributed by atoms with Gasteiger partial charge in [-0.2, -0.15) is 0 Å². The summed E-state index contributed by atoms with van der Waals surface area (Å²) >= 11 is 0. The van der Waals surface area contributed by atoms with Gasteiger partial charge in [0.25, 0.3) is 11.8 Å². The minimum Gasteiger partial charge on any atom is -0.507 e. The number of benzene rings is 2. The lowest BCUT2D eigenvalue weighted by atomic mass is 9.75. The molecule has 1 saturated heterocycles. The maximum Gasteiger partial charge on any atom is 0.253 e. The number of hydrogen-bond donors (Lipinski definition) is 8. The van der Waals surface area contributed by atoms with E-state index in [1.807, 2.05) is 0 Å². The Morgan fingerprint density at radius 2 is 1.81 bits per heavy atom. The molecule has 6 atom stereocenters. The lowest BCUT2D eigenvalue weighted by Crippen LogP contribution is -2.68. The first-order chi connectivity index (χ1) is 27.7. The van der Waals surface area contributed by atoms with Gasteiger partial charge in [-0.25, -0.2) is 4.98 Å². The largest absolute Gasteiger partial charge is 0.507 e. The van der Waals surface area contributed by atoms with Gasteiger partial charge in [0.1, 0.15) is 53.3 Å². The fraction of sp³-hybridized carbons (Fsp3) is 0.359. The van der Waals surface area contributed by atoms with Gasteiger partial charge in [-0.05, 0) is 48.2 Å². The summed E-state index contributed by atoms with van der Waals surface area (Å²) in [5.74, 6) is -4.60. The topological polar surface area (TPSA) is 307 Å². The molecule has 3 aliphatic rings. The molecule has 2 amide bonds. The van der Waals surface area contributed by atoms with Crippen LogP contribution in [-0.2, 0) is 32.1 Å². The number of aliphatic hydroxyl groups excluding tert-OH is 3. The van der Waals surface area contributed by atoms with Crippen LogP contribution in [0.15, 0.2) is 53.7 Å². The third-order valence-electron chi connectivity index (χ3n) is 10.5. The number of ketones is 2. The molecule has 2 aliphatic heterocycles. The molecule has 306 valence electrons. The second-order valence-electron chi connectivity index (χ2n) is 13.9. The summed E-state index contributed by atoms with van der Waals surface area (Å²) < 4.78 is 17.3. The number of imide groups is 1. The highest BCUT2D eigenvalue weighted by Gasteiger charge is 2.56. The molecule has 0 unspecified atom stereocenters. The number of amides is 2. The van der Waals surface area contributed by atoms with Crippen LogP contribution in [0.3, 0.4) is 0 Å². The van der Waals surface area contributed by atoms with Crippen molar-refractivity contribution in [3.05, 3.63) is 87.6 Å². The Hall–Kier alpha value is -6.25. The zero-order valence-electron chi connectivity index (χ0n) is 31.3. The fourth-order valence-corrected chi connectivity index (χ4v) is 7.45. The molecule has 19 heteroatoms. The fourth-order valence-electron chi connectivity index (χ4n) is 7.45. The number of nitrogens with zero attached hydrogens (tertiary/aromatic N) is 3. The molecule has 0 spiro atoms. The number of fused-ring (bicyclic) bond motifs is 2. The van der Waals surface area contributed by atoms with Crippen LogP contribution in [0, 0.1) is 0 Å². The van der Waals surface area contributed by atoms with Crippen LogP contribution in [-0.4, -0.2) is 129 Å². The number of rotatable bonds is 14.